The van der Waals surface area contributed by atoms with Gasteiger partial charge in [-0.2, -0.15) is 0 Å². The summed E-state index contributed by atoms with van der Waals surface area (Å²) in [6.07, 6.45) is 0. The third kappa shape index (κ3) is 4.48. The fourth-order valence-electron chi connectivity index (χ4n) is 2.13. The zero-order valence-electron chi connectivity index (χ0n) is 13.5. The highest BCUT2D eigenvalue weighted by molar-refractivity contribution is 9.10. The molecule has 1 N–H and O–H groups in total. The van der Waals surface area contributed by atoms with E-state index in [1.165, 1.54) is 5.56 Å². The van der Waals surface area contributed by atoms with Gasteiger partial charge in [0.2, 0.25) is 0 Å². The Labute approximate surface area is 144 Å². The predicted molar refractivity (Wildman–Crippen MR) is 94.2 cm³/mol. The molecular formula is C18H20BrNO3. The SMILES string of the molecule is CCOc1c(Br)cc(C(=O)NCc2ccc(C)cc2)cc1OC. The lowest BCUT2D eigenvalue weighted by Gasteiger charge is -2.13. The second kappa shape index (κ2) is 8.02. The minimum absolute atomic E-state index is 0.160. The van der Waals surface area contributed by atoms with Crippen LogP contribution in [0.3, 0.4) is 0 Å². The van der Waals surface area contributed by atoms with Gasteiger partial charge in [-0.1, -0.05) is 29.8 Å². The largest absolute Gasteiger partial charge is 0.493 e. The van der Waals surface area contributed by atoms with Crippen LogP contribution < -0.4 is 14.8 Å². The Balaban J connectivity index is 2.12. The second-order valence-electron chi connectivity index (χ2n) is 5.09. The van der Waals surface area contributed by atoms with E-state index in [4.69, 9.17) is 9.47 Å². The Morgan fingerprint density at radius 1 is 1.22 bits per heavy atom. The molecule has 0 unspecified atom stereocenters. The monoisotopic (exact) mass is 377 g/mol. The fourth-order valence-corrected chi connectivity index (χ4v) is 2.68. The molecule has 0 aliphatic carbocycles. The van der Waals surface area contributed by atoms with E-state index >= 15 is 0 Å². The van der Waals surface area contributed by atoms with Gasteiger partial charge in [0.25, 0.3) is 5.91 Å². The number of halogens is 1. The van der Waals surface area contributed by atoms with E-state index < -0.39 is 0 Å². The number of carbonyl (C=O) groups excluding carboxylic acids is 1. The number of carbonyl (C=O) groups is 1. The van der Waals surface area contributed by atoms with Crippen molar-refractivity contribution in [1.82, 2.24) is 5.32 Å². The van der Waals surface area contributed by atoms with Crippen molar-refractivity contribution in [1.29, 1.82) is 0 Å². The van der Waals surface area contributed by atoms with Crippen LogP contribution in [0.5, 0.6) is 11.5 Å². The van der Waals surface area contributed by atoms with Crippen molar-refractivity contribution < 1.29 is 14.3 Å². The highest BCUT2D eigenvalue weighted by Crippen LogP contribution is 2.36. The van der Waals surface area contributed by atoms with Gasteiger partial charge in [-0.25, -0.2) is 0 Å². The van der Waals surface area contributed by atoms with Crippen LogP contribution >= 0.6 is 15.9 Å². The molecule has 0 radical (unpaired) electrons. The van der Waals surface area contributed by atoms with Gasteiger partial charge in [0.15, 0.2) is 11.5 Å². The van der Waals surface area contributed by atoms with E-state index in [0.29, 0.717) is 34.7 Å². The Morgan fingerprint density at radius 3 is 2.52 bits per heavy atom. The molecule has 122 valence electrons. The van der Waals surface area contributed by atoms with E-state index in [1.54, 1.807) is 19.2 Å². The number of hydrogen-bond donors (Lipinski definition) is 1. The maximum Gasteiger partial charge on any atom is 0.251 e. The lowest BCUT2D eigenvalue weighted by molar-refractivity contribution is 0.0950. The van der Waals surface area contributed by atoms with Crippen molar-refractivity contribution in [3.63, 3.8) is 0 Å². The smallest absolute Gasteiger partial charge is 0.251 e. The maximum atomic E-state index is 12.3. The van der Waals surface area contributed by atoms with Crippen LogP contribution in [0.2, 0.25) is 0 Å². The van der Waals surface area contributed by atoms with E-state index in [9.17, 15) is 4.79 Å². The zero-order chi connectivity index (χ0) is 16.8. The second-order valence-corrected chi connectivity index (χ2v) is 5.95. The van der Waals surface area contributed by atoms with E-state index in [-0.39, 0.29) is 5.91 Å². The molecule has 0 aromatic heterocycles. The average molecular weight is 378 g/mol. The first-order valence-corrected chi connectivity index (χ1v) is 8.18. The molecule has 0 aliphatic heterocycles. The molecule has 2 aromatic rings. The number of benzene rings is 2. The Hall–Kier alpha value is -2.01. The molecule has 5 heteroatoms. The van der Waals surface area contributed by atoms with Crippen LogP contribution in [0.25, 0.3) is 0 Å². The summed E-state index contributed by atoms with van der Waals surface area (Å²) in [5.41, 5.74) is 2.77. The minimum Gasteiger partial charge on any atom is -0.493 e. The molecule has 4 nitrogen and oxygen atoms in total. The number of rotatable bonds is 6. The topological polar surface area (TPSA) is 47.6 Å². The Kier molecular flexibility index (Phi) is 6.04. The normalized spacial score (nSPS) is 10.3. The van der Waals surface area contributed by atoms with Crippen LogP contribution in [0.1, 0.15) is 28.4 Å². The summed E-state index contributed by atoms with van der Waals surface area (Å²) in [5, 5.41) is 2.91. The molecule has 0 bridgehead atoms. The number of hydrogen-bond acceptors (Lipinski definition) is 3. The Bertz CT molecular complexity index is 683. The summed E-state index contributed by atoms with van der Waals surface area (Å²) < 4.78 is 11.5. The highest BCUT2D eigenvalue weighted by atomic mass is 79.9. The molecule has 0 spiro atoms. The molecule has 0 saturated carbocycles. The van der Waals surface area contributed by atoms with Gasteiger partial charge >= 0.3 is 0 Å². The number of aryl methyl sites for hydroxylation is 1. The predicted octanol–water partition coefficient (Wildman–Crippen LogP) is 4.09. The van der Waals surface area contributed by atoms with Crippen molar-refractivity contribution in [3.05, 3.63) is 57.6 Å². The van der Waals surface area contributed by atoms with Crippen LogP contribution in [0.15, 0.2) is 40.9 Å². The van der Waals surface area contributed by atoms with Crippen LogP contribution in [-0.4, -0.2) is 19.6 Å². The number of ether oxygens (including phenoxy) is 2. The quantitative estimate of drug-likeness (QED) is 0.824. The van der Waals surface area contributed by atoms with Gasteiger partial charge in [0.05, 0.1) is 18.2 Å². The first kappa shape index (κ1) is 17.3. The molecule has 0 fully saturated rings. The molecule has 2 aromatic carbocycles. The summed E-state index contributed by atoms with van der Waals surface area (Å²) in [6.45, 7) is 4.93. The Morgan fingerprint density at radius 2 is 1.91 bits per heavy atom. The van der Waals surface area contributed by atoms with E-state index in [2.05, 4.69) is 21.2 Å². The van der Waals surface area contributed by atoms with Gasteiger partial charge in [0.1, 0.15) is 0 Å². The lowest BCUT2D eigenvalue weighted by atomic mass is 10.1. The minimum atomic E-state index is -0.160. The summed E-state index contributed by atoms with van der Waals surface area (Å²) in [4.78, 5) is 12.3. The van der Waals surface area contributed by atoms with Crippen molar-refractivity contribution >= 4 is 21.8 Å². The average Bonchev–Trinajstić information content (AvgIpc) is 2.55. The third-order valence-corrected chi connectivity index (χ3v) is 3.94. The molecule has 0 saturated heterocycles. The standard InChI is InChI=1S/C18H20BrNO3/c1-4-23-17-15(19)9-14(10-16(17)22-3)18(21)20-11-13-7-5-12(2)6-8-13/h5-10H,4,11H2,1-3H3,(H,20,21). The molecular weight excluding hydrogens is 358 g/mol. The van der Waals surface area contributed by atoms with Crippen molar-refractivity contribution in [3.8, 4) is 11.5 Å². The first-order chi connectivity index (χ1) is 11.0. The summed E-state index contributed by atoms with van der Waals surface area (Å²) in [6, 6.07) is 11.5. The lowest BCUT2D eigenvalue weighted by Crippen LogP contribution is -2.22. The molecule has 0 atom stereocenters. The summed E-state index contributed by atoms with van der Waals surface area (Å²) in [7, 11) is 1.55. The first-order valence-electron chi connectivity index (χ1n) is 7.39. The number of amides is 1. The van der Waals surface area contributed by atoms with E-state index in [1.807, 2.05) is 38.1 Å². The van der Waals surface area contributed by atoms with Crippen LogP contribution in [0, 0.1) is 6.92 Å². The van der Waals surface area contributed by atoms with Crippen molar-refractivity contribution in [2.45, 2.75) is 20.4 Å². The molecule has 2 rings (SSSR count). The van der Waals surface area contributed by atoms with Gasteiger partial charge in [-0.15, -0.1) is 0 Å². The maximum absolute atomic E-state index is 12.3. The number of nitrogens with one attached hydrogen (secondary N) is 1. The van der Waals surface area contributed by atoms with Crippen LogP contribution in [0.4, 0.5) is 0 Å². The van der Waals surface area contributed by atoms with E-state index in [0.717, 1.165) is 5.56 Å². The summed E-state index contributed by atoms with van der Waals surface area (Å²) in [5.74, 6) is 0.972. The van der Waals surface area contributed by atoms with Gasteiger partial charge in [-0.3, -0.25) is 4.79 Å². The molecule has 23 heavy (non-hydrogen) atoms. The van der Waals surface area contributed by atoms with Crippen molar-refractivity contribution in [2.24, 2.45) is 0 Å². The zero-order valence-corrected chi connectivity index (χ0v) is 15.1. The number of methoxy groups -OCH3 is 1. The highest BCUT2D eigenvalue weighted by Gasteiger charge is 2.15. The van der Waals surface area contributed by atoms with Gasteiger partial charge < -0.3 is 14.8 Å². The fraction of sp³-hybridized carbons (Fsp3) is 0.278. The molecule has 0 aliphatic rings. The van der Waals surface area contributed by atoms with Gasteiger partial charge in [-0.05, 0) is 47.5 Å². The van der Waals surface area contributed by atoms with Crippen molar-refractivity contribution in [2.75, 3.05) is 13.7 Å². The van der Waals surface area contributed by atoms with Crippen LogP contribution in [-0.2, 0) is 6.54 Å². The summed E-state index contributed by atoms with van der Waals surface area (Å²) >= 11 is 3.43. The molecule has 1 amide bonds. The van der Waals surface area contributed by atoms with Gasteiger partial charge in [0, 0.05) is 12.1 Å². The third-order valence-electron chi connectivity index (χ3n) is 3.35. The molecule has 0 heterocycles.